The van der Waals surface area contributed by atoms with Gasteiger partial charge in [-0.3, -0.25) is 4.79 Å². The lowest BCUT2D eigenvalue weighted by Crippen LogP contribution is -2.43. The number of carboxylic acid groups (broad SMARTS) is 1. The molecule has 3 aliphatic rings. The number of hydrogen-bond acceptors (Lipinski definition) is 7. The third-order valence-electron chi connectivity index (χ3n) is 6.85. The molecule has 1 aromatic carbocycles. The summed E-state index contributed by atoms with van der Waals surface area (Å²) in [6.45, 7) is 1.44. The highest BCUT2D eigenvalue weighted by Crippen LogP contribution is 2.40. The summed E-state index contributed by atoms with van der Waals surface area (Å²) in [6.07, 6.45) is 11.2. The normalized spacial score (nSPS) is 23.5. The van der Waals surface area contributed by atoms with Crippen molar-refractivity contribution in [1.82, 2.24) is 15.6 Å². The Morgan fingerprint density at radius 2 is 1.86 bits per heavy atom. The summed E-state index contributed by atoms with van der Waals surface area (Å²) in [4.78, 5) is 36.1. The molecule has 2 fully saturated rings. The molecular weight excluding hydrogens is 450 g/mol. The van der Waals surface area contributed by atoms with Crippen molar-refractivity contribution < 1.29 is 29.0 Å². The van der Waals surface area contributed by atoms with Gasteiger partial charge in [-0.15, -0.1) is 0 Å². The van der Waals surface area contributed by atoms with Crippen molar-refractivity contribution in [3.63, 3.8) is 0 Å². The average molecular weight is 484 g/mol. The molecule has 3 heterocycles. The zero-order valence-electron chi connectivity index (χ0n) is 19.8. The number of H-pyrrole nitrogens is 1. The van der Waals surface area contributed by atoms with Gasteiger partial charge in [-0.05, 0) is 62.4 Å². The van der Waals surface area contributed by atoms with Crippen molar-refractivity contribution >= 4 is 28.8 Å². The Morgan fingerprint density at radius 3 is 2.71 bits per heavy atom. The van der Waals surface area contributed by atoms with E-state index in [4.69, 9.17) is 9.84 Å². The number of esters is 2. The summed E-state index contributed by atoms with van der Waals surface area (Å²) in [7, 11) is 0. The summed E-state index contributed by atoms with van der Waals surface area (Å²) >= 11 is 0. The molecule has 1 aromatic heterocycles. The number of aromatic amines is 1. The Kier molecular flexibility index (Phi) is 8.54. The van der Waals surface area contributed by atoms with Crippen molar-refractivity contribution in [2.75, 3.05) is 19.9 Å². The molecule has 4 N–H and O–H groups in total. The van der Waals surface area contributed by atoms with E-state index in [-0.39, 0.29) is 6.04 Å². The van der Waals surface area contributed by atoms with E-state index in [0.717, 1.165) is 37.8 Å². The van der Waals surface area contributed by atoms with Crippen molar-refractivity contribution in [2.24, 2.45) is 0 Å². The number of carbonyl (C=O) groups is 3. The fraction of sp³-hybridized carbons (Fsp3) is 0.500. The molecule has 9 heteroatoms. The first kappa shape index (κ1) is 24.9. The van der Waals surface area contributed by atoms with Gasteiger partial charge in [-0.2, -0.15) is 0 Å². The Morgan fingerprint density at radius 1 is 1.00 bits per heavy atom. The number of ether oxygens (including phenoxy) is 2. The number of piperidine rings is 1. The first-order valence-electron chi connectivity index (χ1n) is 12.3. The summed E-state index contributed by atoms with van der Waals surface area (Å²) in [5.74, 6) is -1.85. The third-order valence-corrected chi connectivity index (χ3v) is 6.85. The monoisotopic (exact) mass is 483 g/mol. The van der Waals surface area contributed by atoms with Crippen LogP contribution in [-0.4, -0.2) is 60.0 Å². The topological polar surface area (TPSA) is 130 Å². The van der Waals surface area contributed by atoms with Crippen molar-refractivity contribution in [2.45, 2.75) is 62.9 Å². The highest BCUT2D eigenvalue weighted by molar-refractivity contribution is 5.90. The lowest BCUT2D eigenvalue weighted by molar-refractivity contribution is -0.165. The van der Waals surface area contributed by atoms with Gasteiger partial charge >= 0.3 is 17.9 Å². The SMILES string of the molecule is O=C(O)/C=C\C(=O)OCOC(=O)C1CCCCCN1.c1cc2c3c(c[nH]c3c1)C[C@H]1NCCC[C@H]21. The quantitative estimate of drug-likeness (QED) is 0.290. The first-order valence-corrected chi connectivity index (χ1v) is 12.3. The molecule has 1 unspecified atom stereocenters. The van der Waals surface area contributed by atoms with Gasteiger partial charge in [0.05, 0.1) is 0 Å². The standard InChI is InChI=1S/C14H16N2.C12H17NO6/c1-3-11-10-4-2-6-15-13(10)7-9-8-16-12(5-1)14(9)11;14-10(15)5-6-11(16)18-8-19-12(17)9-4-2-1-3-7-13-9/h1,3,5,8,10,13,15-16H,2,4,6-7H2;5-6,9,13H,1-4,7-8H2,(H,14,15)/b;6-5-/t10-,13-;/m1./s1. The van der Waals surface area contributed by atoms with E-state index in [1.165, 1.54) is 42.3 Å². The van der Waals surface area contributed by atoms with Crippen LogP contribution in [0.2, 0.25) is 0 Å². The molecule has 2 aliphatic heterocycles. The van der Waals surface area contributed by atoms with Gasteiger partial charge < -0.3 is 30.2 Å². The van der Waals surface area contributed by atoms with Crippen LogP contribution in [0.1, 0.15) is 55.6 Å². The molecule has 0 spiro atoms. The molecule has 1 aliphatic carbocycles. The molecule has 188 valence electrons. The zero-order chi connectivity index (χ0) is 24.6. The van der Waals surface area contributed by atoms with Crippen LogP contribution >= 0.6 is 0 Å². The van der Waals surface area contributed by atoms with Crippen LogP contribution in [0.5, 0.6) is 0 Å². The van der Waals surface area contributed by atoms with Crippen LogP contribution in [0.25, 0.3) is 10.9 Å². The summed E-state index contributed by atoms with van der Waals surface area (Å²) in [5, 5.41) is 16.5. The molecule has 2 aromatic rings. The van der Waals surface area contributed by atoms with Crippen LogP contribution in [0.15, 0.2) is 36.5 Å². The van der Waals surface area contributed by atoms with E-state index in [9.17, 15) is 14.4 Å². The molecule has 0 radical (unpaired) electrons. The van der Waals surface area contributed by atoms with E-state index in [1.54, 1.807) is 5.56 Å². The Labute approximate surface area is 204 Å². The van der Waals surface area contributed by atoms with Crippen LogP contribution in [0, 0.1) is 0 Å². The summed E-state index contributed by atoms with van der Waals surface area (Å²) < 4.78 is 9.31. The summed E-state index contributed by atoms with van der Waals surface area (Å²) in [5.41, 5.74) is 4.38. The molecule has 2 saturated heterocycles. The van der Waals surface area contributed by atoms with Crippen LogP contribution in [-0.2, 0) is 30.3 Å². The summed E-state index contributed by atoms with van der Waals surface area (Å²) in [6, 6.07) is 7.01. The molecule has 3 atom stereocenters. The predicted molar refractivity (Wildman–Crippen MR) is 130 cm³/mol. The van der Waals surface area contributed by atoms with E-state index < -0.39 is 24.7 Å². The minimum absolute atomic E-state index is 0.365. The van der Waals surface area contributed by atoms with Crippen LogP contribution < -0.4 is 10.6 Å². The maximum Gasteiger partial charge on any atom is 0.333 e. The van der Waals surface area contributed by atoms with Crippen LogP contribution in [0.4, 0.5) is 0 Å². The van der Waals surface area contributed by atoms with Gasteiger partial charge in [-0.25, -0.2) is 9.59 Å². The Bertz CT molecular complexity index is 1070. The predicted octanol–water partition coefficient (Wildman–Crippen LogP) is 2.76. The molecule has 35 heavy (non-hydrogen) atoms. The minimum atomic E-state index is -1.25. The van der Waals surface area contributed by atoms with Gasteiger partial charge in [0.15, 0.2) is 0 Å². The Balaban J connectivity index is 0.000000166. The lowest BCUT2D eigenvalue weighted by Gasteiger charge is -2.36. The first-order chi connectivity index (χ1) is 17.0. The highest BCUT2D eigenvalue weighted by atomic mass is 16.7. The van der Waals surface area contributed by atoms with E-state index in [0.29, 0.717) is 18.5 Å². The number of benzene rings is 1. The number of aliphatic carboxylic acids is 1. The lowest BCUT2D eigenvalue weighted by atomic mass is 9.76. The minimum Gasteiger partial charge on any atom is -0.478 e. The third kappa shape index (κ3) is 6.49. The molecule has 5 rings (SSSR count). The smallest absolute Gasteiger partial charge is 0.333 e. The van der Waals surface area contributed by atoms with Gasteiger partial charge in [0.25, 0.3) is 0 Å². The van der Waals surface area contributed by atoms with Crippen molar-refractivity contribution in [3.05, 3.63) is 47.7 Å². The number of rotatable bonds is 5. The van der Waals surface area contributed by atoms with Gasteiger partial charge in [0.1, 0.15) is 6.04 Å². The second kappa shape index (κ2) is 12.0. The van der Waals surface area contributed by atoms with E-state index in [1.807, 2.05) is 0 Å². The maximum atomic E-state index is 11.6. The fourth-order valence-corrected chi connectivity index (χ4v) is 5.20. The molecular formula is C26H33N3O6. The number of nitrogens with one attached hydrogen (secondary N) is 3. The molecule has 0 amide bonds. The second-order valence-electron chi connectivity index (χ2n) is 9.17. The Hall–Kier alpha value is -3.17. The maximum absolute atomic E-state index is 11.6. The number of aromatic nitrogens is 1. The fourth-order valence-electron chi connectivity index (χ4n) is 5.20. The second-order valence-corrected chi connectivity index (χ2v) is 9.17. The van der Waals surface area contributed by atoms with Crippen LogP contribution in [0.3, 0.4) is 0 Å². The molecule has 0 saturated carbocycles. The number of carboxylic acids is 1. The number of carbonyl (C=O) groups excluding carboxylic acids is 2. The van der Waals surface area contributed by atoms with E-state index >= 15 is 0 Å². The van der Waals surface area contributed by atoms with E-state index in [2.05, 4.69) is 44.8 Å². The number of fused-ring (bicyclic) bond motifs is 2. The van der Waals surface area contributed by atoms with Crippen molar-refractivity contribution in [3.8, 4) is 0 Å². The van der Waals surface area contributed by atoms with Gasteiger partial charge in [0.2, 0.25) is 6.79 Å². The zero-order valence-corrected chi connectivity index (χ0v) is 19.8. The molecule has 0 bridgehead atoms. The van der Waals surface area contributed by atoms with Gasteiger partial charge in [-0.1, -0.05) is 25.0 Å². The average Bonchev–Trinajstić information content (AvgIpc) is 3.09. The van der Waals surface area contributed by atoms with Crippen molar-refractivity contribution in [1.29, 1.82) is 0 Å². The van der Waals surface area contributed by atoms with Gasteiger partial charge in [0, 0.05) is 41.2 Å². The largest absolute Gasteiger partial charge is 0.478 e. The molecule has 9 nitrogen and oxygen atoms in total. The highest BCUT2D eigenvalue weighted by Gasteiger charge is 2.32. The number of hydrogen-bond donors (Lipinski definition) is 4.